The average molecular weight is 578 g/mol. The van der Waals surface area contributed by atoms with Gasteiger partial charge in [0.05, 0.1) is 29.3 Å². The number of hydrogen-bond acceptors (Lipinski definition) is 9. The smallest absolute Gasteiger partial charge is 0.331 e. The molecule has 0 spiro atoms. The van der Waals surface area contributed by atoms with Crippen molar-refractivity contribution in [3.05, 3.63) is 74.8 Å². The van der Waals surface area contributed by atoms with Crippen molar-refractivity contribution in [1.29, 1.82) is 0 Å². The van der Waals surface area contributed by atoms with Crippen molar-refractivity contribution in [2.75, 3.05) is 0 Å². The van der Waals surface area contributed by atoms with Crippen LogP contribution in [0.15, 0.2) is 52.3 Å². The van der Waals surface area contributed by atoms with Gasteiger partial charge in [0.15, 0.2) is 6.23 Å². The van der Waals surface area contributed by atoms with Crippen LogP contribution in [0.4, 0.5) is 0 Å². The van der Waals surface area contributed by atoms with E-state index in [-0.39, 0.29) is 12.1 Å². The summed E-state index contributed by atoms with van der Waals surface area (Å²) in [7, 11) is -3.97. The second kappa shape index (κ2) is 11.9. The lowest BCUT2D eigenvalue weighted by Gasteiger charge is -2.35. The maximum Gasteiger partial charge on any atom is 0.331 e. The Hall–Kier alpha value is -2.93. The van der Waals surface area contributed by atoms with E-state index in [1.807, 2.05) is 30.3 Å². The highest BCUT2D eigenvalue weighted by Gasteiger charge is 2.48. The molecule has 1 aromatic carbocycles. The predicted octanol–water partition coefficient (Wildman–Crippen LogP) is 1.89. The van der Waals surface area contributed by atoms with Gasteiger partial charge in [0.1, 0.15) is 17.9 Å². The van der Waals surface area contributed by atoms with Crippen molar-refractivity contribution < 1.29 is 28.9 Å². The third kappa shape index (κ3) is 6.35. The van der Waals surface area contributed by atoms with Gasteiger partial charge in [-0.1, -0.05) is 56.3 Å². The zero-order valence-electron chi connectivity index (χ0n) is 22.9. The van der Waals surface area contributed by atoms with Gasteiger partial charge in [-0.05, 0) is 25.3 Å². The summed E-state index contributed by atoms with van der Waals surface area (Å²) in [5.41, 5.74) is -1.79. The number of H-pyrrole nitrogens is 1. The van der Waals surface area contributed by atoms with Crippen LogP contribution in [0.2, 0.25) is 0 Å². The summed E-state index contributed by atoms with van der Waals surface area (Å²) >= 11 is 0. The summed E-state index contributed by atoms with van der Waals surface area (Å²) in [5, 5.41) is 29.8. The number of ether oxygens (including phenoxy) is 1. The van der Waals surface area contributed by atoms with E-state index in [1.54, 1.807) is 33.9 Å². The fraction of sp³-hybridized carbons (Fsp3) is 0.538. The molecule has 0 aliphatic carbocycles. The van der Waals surface area contributed by atoms with Crippen LogP contribution in [0, 0.1) is 0 Å². The van der Waals surface area contributed by atoms with Gasteiger partial charge >= 0.3 is 13.3 Å². The summed E-state index contributed by atoms with van der Waals surface area (Å²) in [5.74, 6) is 0. The fourth-order valence-corrected chi connectivity index (χ4v) is 6.04. The normalized spacial score (nSPS) is 24.9. The minimum absolute atomic E-state index is 0.0317. The lowest BCUT2D eigenvalue weighted by molar-refractivity contribution is -0.0682. The topological polar surface area (TPSA) is 182 Å². The van der Waals surface area contributed by atoms with Crippen LogP contribution in [0.25, 0.3) is 5.69 Å². The van der Waals surface area contributed by atoms with E-state index >= 15 is 0 Å². The monoisotopic (exact) mass is 577 g/mol. The summed E-state index contributed by atoms with van der Waals surface area (Å²) in [4.78, 5) is 38.0. The summed E-state index contributed by atoms with van der Waals surface area (Å²) < 4.78 is 26.6. The van der Waals surface area contributed by atoms with Crippen LogP contribution in [0.5, 0.6) is 0 Å². The van der Waals surface area contributed by atoms with Gasteiger partial charge in [0, 0.05) is 19.0 Å². The lowest BCUT2D eigenvalue weighted by atomic mass is 9.93. The van der Waals surface area contributed by atoms with Crippen LogP contribution in [0.3, 0.4) is 0 Å². The van der Waals surface area contributed by atoms with Crippen LogP contribution in [-0.2, 0) is 20.2 Å². The highest BCUT2D eigenvalue weighted by Crippen LogP contribution is 2.53. The van der Waals surface area contributed by atoms with E-state index in [9.17, 15) is 29.3 Å². The fourth-order valence-electron chi connectivity index (χ4n) is 4.56. The Morgan fingerprint density at radius 2 is 1.88 bits per heavy atom. The van der Waals surface area contributed by atoms with E-state index in [0.717, 1.165) is 10.1 Å². The first-order valence-electron chi connectivity index (χ1n) is 13.2. The molecule has 1 aliphatic rings. The Bertz CT molecular complexity index is 1470. The maximum absolute atomic E-state index is 12.8. The number of aromatic amines is 1. The Kier molecular flexibility index (Phi) is 8.93. The van der Waals surface area contributed by atoms with Gasteiger partial charge in [-0.25, -0.2) is 9.48 Å². The second-order valence-electron chi connectivity index (χ2n) is 10.5. The number of hydrogen-bond donors (Lipinski definition) is 4. The molecule has 0 radical (unpaired) electrons. The van der Waals surface area contributed by atoms with Crippen molar-refractivity contribution in [1.82, 2.24) is 24.5 Å². The van der Waals surface area contributed by atoms with E-state index in [1.165, 1.54) is 10.9 Å². The molecule has 0 saturated carbocycles. The van der Waals surface area contributed by atoms with Crippen molar-refractivity contribution >= 4 is 7.60 Å². The molecule has 40 heavy (non-hydrogen) atoms. The molecule has 1 saturated heterocycles. The molecular formula is C26H36N5O8P. The maximum atomic E-state index is 12.8. The van der Waals surface area contributed by atoms with E-state index in [2.05, 4.69) is 15.3 Å². The van der Waals surface area contributed by atoms with Crippen molar-refractivity contribution in [3.8, 4) is 5.69 Å². The first-order chi connectivity index (χ1) is 18.9. The molecule has 14 heteroatoms. The largest absolute Gasteiger partial charge is 0.388 e. The SMILES string of the molecule is CCC(C)P(=O)(O)OC(C)(CC)C[C@H]1O[C@@H](n2cc(-n3cc(Cc4ccccc4)nn3)c(=O)[nH]c2=O)[C@@H](O)C1O. The van der Waals surface area contributed by atoms with Crippen LogP contribution in [0.1, 0.15) is 64.4 Å². The highest BCUT2D eigenvalue weighted by molar-refractivity contribution is 7.53. The van der Waals surface area contributed by atoms with Crippen molar-refractivity contribution in [2.24, 2.45) is 0 Å². The minimum atomic E-state index is -3.97. The average Bonchev–Trinajstić information content (AvgIpc) is 3.48. The lowest BCUT2D eigenvalue weighted by Crippen LogP contribution is -2.40. The number of aromatic nitrogens is 5. The second-order valence-corrected chi connectivity index (χ2v) is 12.7. The Morgan fingerprint density at radius 1 is 1.18 bits per heavy atom. The number of rotatable bonds is 11. The van der Waals surface area contributed by atoms with Gasteiger partial charge in [-0.2, -0.15) is 0 Å². The third-order valence-corrected chi connectivity index (χ3v) is 9.64. The zero-order chi connectivity index (χ0) is 29.2. The molecule has 0 bridgehead atoms. The molecule has 7 atom stereocenters. The number of aliphatic hydroxyl groups is 2. The number of nitrogens with zero attached hydrogens (tertiary/aromatic N) is 4. The van der Waals surface area contributed by atoms with E-state index in [0.29, 0.717) is 25.0 Å². The van der Waals surface area contributed by atoms with Gasteiger partial charge in [0.2, 0.25) is 0 Å². The van der Waals surface area contributed by atoms with Gasteiger partial charge in [0.25, 0.3) is 5.56 Å². The van der Waals surface area contributed by atoms with E-state index in [4.69, 9.17) is 9.26 Å². The van der Waals surface area contributed by atoms with Crippen LogP contribution < -0.4 is 11.2 Å². The number of benzene rings is 1. The highest BCUT2D eigenvalue weighted by atomic mass is 31.2. The third-order valence-electron chi connectivity index (χ3n) is 7.46. The summed E-state index contributed by atoms with van der Waals surface area (Å²) in [6, 6.07) is 9.57. The Labute approximate surface area is 230 Å². The molecule has 1 aliphatic heterocycles. The molecule has 3 aromatic rings. The van der Waals surface area contributed by atoms with Crippen LogP contribution in [-0.4, -0.2) is 69.2 Å². The molecule has 0 amide bonds. The summed E-state index contributed by atoms with van der Waals surface area (Å²) in [6.45, 7) is 6.81. The number of aliphatic hydroxyl groups excluding tert-OH is 2. The van der Waals surface area contributed by atoms with Crippen LogP contribution >= 0.6 is 7.60 Å². The molecule has 2 aromatic heterocycles. The van der Waals surface area contributed by atoms with E-state index < -0.39 is 54.6 Å². The Balaban J connectivity index is 1.57. The van der Waals surface area contributed by atoms with Gasteiger partial charge in [-0.15, -0.1) is 5.10 Å². The molecule has 4 unspecified atom stereocenters. The molecule has 13 nitrogen and oxygen atoms in total. The molecule has 218 valence electrons. The first kappa shape index (κ1) is 30.0. The molecule has 4 rings (SSSR count). The number of nitrogens with one attached hydrogen (secondary N) is 1. The standard InChI is InChI=1S/C26H36N5O8P/c1-5-16(3)40(36,37)39-26(4,6-2)13-20-21(32)22(33)24(38-20)30-15-19(23(34)27-25(30)35)31-14-18(28-29-31)12-17-10-8-7-9-11-17/h7-11,14-16,20-22,24,32-33H,5-6,12-13H2,1-4H3,(H,36,37)(H,27,34,35)/t16?,20-,21?,22+,24-,26?/m1/s1. The summed E-state index contributed by atoms with van der Waals surface area (Å²) in [6.07, 6.45) is -1.41. The Morgan fingerprint density at radius 3 is 2.52 bits per heavy atom. The molecule has 4 N–H and O–H groups in total. The first-order valence-corrected chi connectivity index (χ1v) is 14.9. The molecule has 1 fully saturated rings. The predicted molar refractivity (Wildman–Crippen MR) is 145 cm³/mol. The molecular weight excluding hydrogens is 541 g/mol. The quantitative estimate of drug-likeness (QED) is 0.246. The zero-order valence-corrected chi connectivity index (χ0v) is 23.8. The molecule has 3 heterocycles. The van der Waals surface area contributed by atoms with Crippen molar-refractivity contribution in [3.63, 3.8) is 0 Å². The minimum Gasteiger partial charge on any atom is -0.388 e. The van der Waals surface area contributed by atoms with Gasteiger partial charge in [-0.3, -0.25) is 18.9 Å². The van der Waals surface area contributed by atoms with Crippen molar-refractivity contribution in [2.45, 2.75) is 89.2 Å². The van der Waals surface area contributed by atoms with Gasteiger partial charge < -0.3 is 24.4 Å².